The highest BCUT2D eigenvalue weighted by molar-refractivity contribution is 5.88. The fourth-order valence-corrected chi connectivity index (χ4v) is 2.94. The van der Waals surface area contributed by atoms with Crippen molar-refractivity contribution in [1.29, 1.82) is 0 Å². The van der Waals surface area contributed by atoms with Crippen molar-refractivity contribution in [2.75, 3.05) is 19.0 Å². The van der Waals surface area contributed by atoms with E-state index in [-0.39, 0.29) is 12.6 Å². The number of anilines is 1. The van der Waals surface area contributed by atoms with Crippen molar-refractivity contribution in [3.05, 3.63) is 41.9 Å². The number of ether oxygens (including phenoxy) is 1. The van der Waals surface area contributed by atoms with Crippen LogP contribution in [0.5, 0.6) is 11.5 Å². The predicted octanol–water partition coefficient (Wildman–Crippen LogP) is 2.81. The van der Waals surface area contributed by atoms with E-state index in [2.05, 4.69) is 20.6 Å². The van der Waals surface area contributed by atoms with Crippen molar-refractivity contribution >= 4 is 11.8 Å². The third-order valence-electron chi connectivity index (χ3n) is 4.38. The molecule has 0 radical (unpaired) electrons. The number of carbonyl (C=O) groups is 1. The van der Waals surface area contributed by atoms with E-state index >= 15 is 0 Å². The average Bonchev–Trinajstić information content (AvgIpc) is 2.55. The zero-order chi connectivity index (χ0) is 17.8. The Morgan fingerprint density at radius 1 is 1.32 bits per heavy atom. The van der Waals surface area contributed by atoms with Crippen molar-refractivity contribution in [2.24, 2.45) is 5.92 Å². The Morgan fingerprint density at radius 3 is 2.80 bits per heavy atom. The quantitative estimate of drug-likeness (QED) is 0.776. The Bertz CT molecular complexity index is 760. The minimum absolute atomic E-state index is 0.207. The third-order valence-corrected chi connectivity index (χ3v) is 4.38. The van der Waals surface area contributed by atoms with E-state index in [0.717, 1.165) is 24.0 Å². The predicted molar refractivity (Wildman–Crippen MR) is 93.9 cm³/mol. The maximum atomic E-state index is 11.5. The highest BCUT2D eigenvalue weighted by Crippen LogP contribution is 2.45. The number of hydrogen-bond acceptors (Lipinski definition) is 5. The van der Waals surface area contributed by atoms with Crippen LogP contribution in [0, 0.1) is 12.8 Å². The molecule has 1 saturated carbocycles. The fraction of sp³-hybridized carbons (Fsp3) is 0.389. The summed E-state index contributed by atoms with van der Waals surface area (Å²) in [4.78, 5) is 20.0. The molecule has 7 nitrogen and oxygen atoms in total. The van der Waals surface area contributed by atoms with Gasteiger partial charge in [0, 0.05) is 37.7 Å². The van der Waals surface area contributed by atoms with E-state index in [1.165, 1.54) is 0 Å². The first-order chi connectivity index (χ1) is 12.1. The van der Waals surface area contributed by atoms with Crippen LogP contribution in [-0.2, 0) is 0 Å². The Kier molecular flexibility index (Phi) is 5.14. The first-order valence-corrected chi connectivity index (χ1v) is 8.28. The van der Waals surface area contributed by atoms with Gasteiger partial charge in [0.1, 0.15) is 17.3 Å². The maximum Gasteiger partial charge on any atom is 0.320 e. The maximum absolute atomic E-state index is 11.5. The minimum atomic E-state index is -0.340. The number of amides is 2. The summed E-state index contributed by atoms with van der Waals surface area (Å²) in [6, 6.07) is 3.28. The topological polar surface area (TPSA) is 96.4 Å². The van der Waals surface area contributed by atoms with Gasteiger partial charge in [-0.25, -0.2) is 9.78 Å². The Balaban J connectivity index is 1.87. The number of nitrogens with zero attached hydrogens (tertiary/aromatic N) is 2. The number of nitrogens with one attached hydrogen (secondary N) is 2. The van der Waals surface area contributed by atoms with Gasteiger partial charge in [-0.15, -0.1) is 0 Å². The van der Waals surface area contributed by atoms with Gasteiger partial charge in [0.25, 0.3) is 0 Å². The summed E-state index contributed by atoms with van der Waals surface area (Å²) >= 11 is 0. The molecule has 2 aromatic heterocycles. The molecule has 1 aliphatic carbocycles. The number of aliphatic hydroxyl groups is 1. The molecular weight excluding hydrogens is 320 g/mol. The highest BCUT2D eigenvalue weighted by Gasteiger charge is 2.32. The van der Waals surface area contributed by atoms with Gasteiger partial charge < -0.3 is 15.2 Å². The molecule has 25 heavy (non-hydrogen) atoms. The number of hydrogen-bond donors (Lipinski definition) is 3. The number of urea groups is 1. The molecule has 0 aromatic carbocycles. The van der Waals surface area contributed by atoms with Crippen LogP contribution in [0.25, 0.3) is 0 Å². The van der Waals surface area contributed by atoms with Gasteiger partial charge in [-0.05, 0) is 43.2 Å². The summed E-state index contributed by atoms with van der Waals surface area (Å²) in [5.41, 5.74) is 1.98. The second-order valence-electron chi connectivity index (χ2n) is 6.33. The van der Waals surface area contributed by atoms with Crippen LogP contribution in [0.15, 0.2) is 30.7 Å². The van der Waals surface area contributed by atoms with E-state index in [0.29, 0.717) is 29.2 Å². The summed E-state index contributed by atoms with van der Waals surface area (Å²) in [7, 11) is 1.54. The van der Waals surface area contributed by atoms with Crippen LogP contribution in [0.4, 0.5) is 10.6 Å². The summed E-state index contributed by atoms with van der Waals surface area (Å²) in [5.74, 6) is 2.33. The summed E-state index contributed by atoms with van der Waals surface area (Å²) in [6.45, 7) is 2.15. The normalized spacial score (nSPS) is 19.0. The SMILES string of the molecule is CNC(=O)Nc1cc(Oc2cncc(C)c2)c(C2CC(CO)C2)cn1. The standard InChI is InChI=1S/C18H22N4O3/c1-11-3-14(8-20-7-11)25-16-6-17(22-18(24)19-2)21-9-15(16)13-4-12(5-13)10-23/h3,6-9,12-13,23H,4-5,10H2,1-2H3,(H2,19,21,22,24). The van der Waals surface area contributed by atoms with E-state index in [1.807, 2.05) is 13.0 Å². The molecule has 0 atom stereocenters. The molecule has 2 aromatic rings. The number of aliphatic hydroxyl groups excluding tert-OH is 1. The number of pyridine rings is 2. The molecule has 2 heterocycles. The molecule has 1 fully saturated rings. The van der Waals surface area contributed by atoms with Gasteiger partial charge in [-0.1, -0.05) is 0 Å². The van der Waals surface area contributed by atoms with Gasteiger partial charge in [0.15, 0.2) is 0 Å². The lowest BCUT2D eigenvalue weighted by molar-refractivity contribution is 0.141. The van der Waals surface area contributed by atoms with Crippen molar-refractivity contribution in [3.8, 4) is 11.5 Å². The zero-order valence-corrected chi connectivity index (χ0v) is 14.3. The van der Waals surface area contributed by atoms with Crippen LogP contribution < -0.4 is 15.4 Å². The molecule has 3 N–H and O–H groups in total. The van der Waals surface area contributed by atoms with Crippen LogP contribution in [0.2, 0.25) is 0 Å². The lowest BCUT2D eigenvalue weighted by Gasteiger charge is -2.35. The molecular formula is C18H22N4O3. The molecule has 0 bridgehead atoms. The second-order valence-corrected chi connectivity index (χ2v) is 6.33. The summed E-state index contributed by atoms with van der Waals surface area (Å²) in [5, 5.41) is 14.4. The van der Waals surface area contributed by atoms with E-state index in [9.17, 15) is 9.90 Å². The molecule has 7 heteroatoms. The molecule has 2 amide bonds. The molecule has 0 saturated heterocycles. The third kappa shape index (κ3) is 4.06. The van der Waals surface area contributed by atoms with Crippen molar-refractivity contribution < 1.29 is 14.6 Å². The monoisotopic (exact) mass is 342 g/mol. The highest BCUT2D eigenvalue weighted by atomic mass is 16.5. The average molecular weight is 342 g/mol. The Labute approximate surface area is 146 Å². The number of aryl methyl sites for hydroxylation is 1. The summed E-state index contributed by atoms with van der Waals surface area (Å²) in [6.07, 6.45) is 6.96. The van der Waals surface area contributed by atoms with Crippen LogP contribution in [0.1, 0.15) is 29.9 Å². The van der Waals surface area contributed by atoms with Gasteiger partial charge >= 0.3 is 6.03 Å². The van der Waals surface area contributed by atoms with Crippen molar-refractivity contribution in [2.45, 2.75) is 25.7 Å². The molecule has 1 aliphatic rings. The second kappa shape index (κ2) is 7.48. The number of aromatic nitrogens is 2. The van der Waals surface area contributed by atoms with E-state index in [4.69, 9.17) is 4.74 Å². The van der Waals surface area contributed by atoms with Crippen LogP contribution in [-0.4, -0.2) is 34.8 Å². The fourth-order valence-electron chi connectivity index (χ4n) is 2.94. The smallest absolute Gasteiger partial charge is 0.320 e. The minimum Gasteiger partial charge on any atom is -0.455 e. The van der Waals surface area contributed by atoms with E-state index < -0.39 is 0 Å². The molecule has 0 spiro atoms. The first-order valence-electron chi connectivity index (χ1n) is 8.28. The largest absolute Gasteiger partial charge is 0.455 e. The van der Waals surface area contributed by atoms with Gasteiger partial charge in [-0.2, -0.15) is 0 Å². The zero-order valence-electron chi connectivity index (χ0n) is 14.3. The van der Waals surface area contributed by atoms with E-state index in [1.54, 1.807) is 31.7 Å². The lowest BCUT2D eigenvalue weighted by atomic mass is 9.72. The number of rotatable bonds is 5. The van der Waals surface area contributed by atoms with Crippen LogP contribution >= 0.6 is 0 Å². The van der Waals surface area contributed by atoms with Crippen molar-refractivity contribution in [1.82, 2.24) is 15.3 Å². The lowest BCUT2D eigenvalue weighted by Crippen LogP contribution is -2.26. The summed E-state index contributed by atoms with van der Waals surface area (Å²) < 4.78 is 6.04. The molecule has 132 valence electrons. The molecule has 3 rings (SSSR count). The molecule has 0 unspecified atom stereocenters. The van der Waals surface area contributed by atoms with Gasteiger partial charge in [-0.3, -0.25) is 10.3 Å². The first kappa shape index (κ1) is 17.2. The van der Waals surface area contributed by atoms with Gasteiger partial charge in [0.05, 0.1) is 6.20 Å². The Hall–Kier alpha value is -2.67. The molecule has 0 aliphatic heterocycles. The van der Waals surface area contributed by atoms with Crippen LogP contribution in [0.3, 0.4) is 0 Å². The Morgan fingerprint density at radius 2 is 2.12 bits per heavy atom. The van der Waals surface area contributed by atoms with Gasteiger partial charge in [0.2, 0.25) is 0 Å². The van der Waals surface area contributed by atoms with Crippen molar-refractivity contribution in [3.63, 3.8) is 0 Å². The number of carbonyl (C=O) groups excluding carboxylic acids is 1.